The molecule has 2 heterocycles. The van der Waals surface area contributed by atoms with Crippen LogP contribution in [0.15, 0.2) is 182 Å². The Morgan fingerprint density at radius 3 is 1.00 bits per heavy atom. The number of hydrogen-bond donors (Lipinski definition) is 0. The monoisotopic (exact) mass is 718 g/mol. The summed E-state index contributed by atoms with van der Waals surface area (Å²) in [7, 11) is 0. The highest BCUT2D eigenvalue weighted by atomic mass is 32.1. The van der Waals surface area contributed by atoms with Crippen molar-refractivity contribution in [1.29, 1.82) is 0 Å². The Kier molecular flexibility index (Phi) is 6.48. The van der Waals surface area contributed by atoms with Gasteiger partial charge >= 0.3 is 0 Å². The van der Waals surface area contributed by atoms with Crippen LogP contribution in [0.25, 0.3) is 117 Å². The van der Waals surface area contributed by atoms with Crippen LogP contribution in [0, 0.1) is 0 Å². The van der Waals surface area contributed by atoms with Gasteiger partial charge in [0.05, 0.1) is 0 Å². The van der Waals surface area contributed by atoms with E-state index in [9.17, 15) is 0 Å². The minimum Gasteiger partial charge on any atom is -0.135 e. The van der Waals surface area contributed by atoms with E-state index in [-0.39, 0.29) is 0 Å². The maximum absolute atomic E-state index is 2.51. The second-order valence-electron chi connectivity index (χ2n) is 14.4. The Morgan fingerprint density at radius 2 is 0.611 bits per heavy atom. The first-order chi connectivity index (χ1) is 26.8. The number of fused-ring (bicyclic) bond motifs is 8. The van der Waals surface area contributed by atoms with E-state index in [4.69, 9.17) is 0 Å². The van der Waals surface area contributed by atoms with E-state index in [2.05, 4.69) is 182 Å². The molecule has 12 aromatic rings. The third-order valence-corrected chi connectivity index (χ3v) is 13.8. The van der Waals surface area contributed by atoms with E-state index in [1.165, 1.54) is 117 Å². The maximum Gasteiger partial charge on any atom is 0.0434 e. The summed E-state index contributed by atoms with van der Waals surface area (Å²) < 4.78 is 5.37. The summed E-state index contributed by atoms with van der Waals surface area (Å²) in [4.78, 5) is 0. The van der Waals surface area contributed by atoms with Crippen LogP contribution < -0.4 is 0 Å². The first-order valence-electron chi connectivity index (χ1n) is 18.5. The summed E-state index contributed by atoms with van der Waals surface area (Å²) in [5, 5.41) is 13.4. The summed E-state index contributed by atoms with van der Waals surface area (Å²) in [5.41, 5.74) is 10.1. The third-order valence-electron chi connectivity index (χ3n) is 11.4. The van der Waals surface area contributed by atoms with Crippen molar-refractivity contribution >= 4 is 95.3 Å². The standard InChI is InChI=1S/C52H30S2/c1-5-13-31(14-6-1)35-21-23-37-43-29-41-40(34-19-11-4-12-20-34)28-46-50-42(30-44-38-24-22-36(26-48(38)54-52(44)46)32-15-7-2-8-16-32)39(33-17-9-3-10-18-33)27-45(49(41)50)51(43)53-47(37)25-35/h1-30H. The molecular weight excluding hydrogens is 689 g/mol. The fourth-order valence-electron chi connectivity index (χ4n) is 8.89. The highest BCUT2D eigenvalue weighted by Crippen LogP contribution is 2.53. The zero-order chi connectivity index (χ0) is 35.3. The molecule has 250 valence electrons. The molecule has 0 spiro atoms. The average Bonchev–Trinajstić information content (AvgIpc) is 3.81. The van der Waals surface area contributed by atoms with Crippen LogP contribution in [0.1, 0.15) is 0 Å². The van der Waals surface area contributed by atoms with E-state index < -0.39 is 0 Å². The summed E-state index contributed by atoms with van der Waals surface area (Å²) in [5.74, 6) is 0. The molecule has 0 bridgehead atoms. The van der Waals surface area contributed by atoms with Gasteiger partial charge in [0, 0.05) is 51.1 Å². The van der Waals surface area contributed by atoms with Crippen LogP contribution >= 0.6 is 22.7 Å². The first kappa shape index (κ1) is 30.2. The zero-order valence-electron chi connectivity index (χ0n) is 29.1. The molecule has 54 heavy (non-hydrogen) atoms. The summed E-state index contributed by atoms with van der Waals surface area (Å²) in [6.07, 6.45) is 0. The molecule has 2 aromatic heterocycles. The van der Waals surface area contributed by atoms with E-state index in [0.717, 1.165) is 0 Å². The molecule has 0 nitrogen and oxygen atoms in total. The van der Waals surface area contributed by atoms with Gasteiger partial charge in [0.1, 0.15) is 0 Å². The Balaban J connectivity index is 1.26. The van der Waals surface area contributed by atoms with Crippen molar-refractivity contribution < 1.29 is 0 Å². The molecule has 0 aliphatic carbocycles. The summed E-state index contributed by atoms with van der Waals surface area (Å²) in [6, 6.07) is 67.6. The lowest BCUT2D eigenvalue weighted by molar-refractivity contribution is 1.66. The highest BCUT2D eigenvalue weighted by molar-refractivity contribution is 7.27. The van der Waals surface area contributed by atoms with Gasteiger partial charge in [-0.05, 0) is 102 Å². The number of benzene rings is 10. The molecule has 0 N–H and O–H groups in total. The highest BCUT2D eigenvalue weighted by Gasteiger charge is 2.23. The quantitative estimate of drug-likeness (QED) is 0.159. The van der Waals surface area contributed by atoms with E-state index in [0.29, 0.717) is 0 Å². The predicted octanol–water partition coefficient (Wildman–Crippen LogP) is 16.0. The van der Waals surface area contributed by atoms with Gasteiger partial charge in [0.2, 0.25) is 0 Å². The molecular formula is C52H30S2. The molecule has 0 unspecified atom stereocenters. The third kappa shape index (κ3) is 4.42. The van der Waals surface area contributed by atoms with Crippen molar-refractivity contribution in [2.45, 2.75) is 0 Å². The Hall–Kier alpha value is -6.32. The number of hydrogen-bond acceptors (Lipinski definition) is 2. The van der Waals surface area contributed by atoms with Crippen LogP contribution in [-0.2, 0) is 0 Å². The lowest BCUT2D eigenvalue weighted by Crippen LogP contribution is -1.91. The van der Waals surface area contributed by atoms with Gasteiger partial charge in [-0.1, -0.05) is 146 Å². The van der Waals surface area contributed by atoms with Gasteiger partial charge in [-0.3, -0.25) is 0 Å². The van der Waals surface area contributed by atoms with Crippen LogP contribution in [0.3, 0.4) is 0 Å². The predicted molar refractivity (Wildman–Crippen MR) is 238 cm³/mol. The molecule has 0 amide bonds. The number of rotatable bonds is 4. The molecule has 2 heteroatoms. The molecule has 0 saturated heterocycles. The van der Waals surface area contributed by atoms with Crippen molar-refractivity contribution in [1.82, 2.24) is 0 Å². The molecule has 12 rings (SSSR count). The Bertz CT molecular complexity index is 3160. The Labute approximate surface area is 320 Å². The normalized spacial score (nSPS) is 12.1. The van der Waals surface area contributed by atoms with E-state index in [1.54, 1.807) is 0 Å². The molecule has 0 aliphatic heterocycles. The largest absolute Gasteiger partial charge is 0.135 e. The molecule has 10 aromatic carbocycles. The van der Waals surface area contributed by atoms with Gasteiger partial charge in [-0.2, -0.15) is 0 Å². The second-order valence-corrected chi connectivity index (χ2v) is 16.5. The zero-order valence-corrected chi connectivity index (χ0v) is 30.8. The van der Waals surface area contributed by atoms with Crippen LogP contribution in [0.2, 0.25) is 0 Å². The lowest BCUT2D eigenvalue weighted by Gasteiger charge is -2.19. The molecule has 0 atom stereocenters. The molecule has 0 radical (unpaired) electrons. The number of thiophene rings is 2. The summed E-state index contributed by atoms with van der Waals surface area (Å²) >= 11 is 3.88. The topological polar surface area (TPSA) is 0 Å². The van der Waals surface area contributed by atoms with Crippen LogP contribution in [0.4, 0.5) is 0 Å². The maximum atomic E-state index is 2.51. The van der Waals surface area contributed by atoms with Crippen molar-refractivity contribution in [2.24, 2.45) is 0 Å². The van der Waals surface area contributed by atoms with Crippen LogP contribution in [-0.4, -0.2) is 0 Å². The van der Waals surface area contributed by atoms with Crippen molar-refractivity contribution in [3.63, 3.8) is 0 Å². The van der Waals surface area contributed by atoms with Crippen molar-refractivity contribution in [3.05, 3.63) is 182 Å². The van der Waals surface area contributed by atoms with Gasteiger partial charge in [-0.15, -0.1) is 22.7 Å². The minimum atomic E-state index is 1.25. The first-order valence-corrected chi connectivity index (χ1v) is 20.1. The fourth-order valence-corrected chi connectivity index (χ4v) is 11.4. The van der Waals surface area contributed by atoms with Gasteiger partial charge in [0.15, 0.2) is 0 Å². The smallest absolute Gasteiger partial charge is 0.0434 e. The fraction of sp³-hybridized carbons (Fsp3) is 0. The molecule has 0 saturated carbocycles. The van der Waals surface area contributed by atoms with Crippen molar-refractivity contribution in [2.75, 3.05) is 0 Å². The SMILES string of the molecule is c1ccc(-c2ccc3c(c2)sc2c3cc3c(-c4ccccc4)cc4c5sc6cc(-c7ccccc7)ccc6c5cc5c(-c6ccccc6)cc2c3c54)cc1. The molecule has 0 aliphatic rings. The second kappa shape index (κ2) is 11.6. The van der Waals surface area contributed by atoms with Gasteiger partial charge in [0.25, 0.3) is 0 Å². The summed E-state index contributed by atoms with van der Waals surface area (Å²) in [6.45, 7) is 0. The Morgan fingerprint density at radius 1 is 0.241 bits per heavy atom. The minimum absolute atomic E-state index is 1.25. The van der Waals surface area contributed by atoms with Gasteiger partial charge < -0.3 is 0 Å². The van der Waals surface area contributed by atoms with E-state index >= 15 is 0 Å². The van der Waals surface area contributed by atoms with Crippen molar-refractivity contribution in [3.8, 4) is 44.5 Å². The van der Waals surface area contributed by atoms with E-state index in [1.807, 2.05) is 22.7 Å². The lowest BCUT2D eigenvalue weighted by atomic mass is 9.84. The van der Waals surface area contributed by atoms with Gasteiger partial charge in [-0.25, -0.2) is 0 Å². The van der Waals surface area contributed by atoms with Crippen LogP contribution in [0.5, 0.6) is 0 Å². The molecule has 0 fully saturated rings. The average molecular weight is 719 g/mol.